The van der Waals surface area contributed by atoms with Gasteiger partial charge in [0, 0.05) is 0 Å². The minimum atomic E-state index is 0.293. The van der Waals surface area contributed by atoms with Gasteiger partial charge in [0.15, 0.2) is 0 Å². The number of hydrogen-bond acceptors (Lipinski definition) is 0. The molecule has 0 N–H and O–H groups in total. The molecule has 0 aliphatic heterocycles. The molecular formula is C28H42. The van der Waals surface area contributed by atoms with Gasteiger partial charge in [0.05, 0.1) is 0 Å². The van der Waals surface area contributed by atoms with E-state index < -0.39 is 0 Å². The summed E-state index contributed by atoms with van der Waals surface area (Å²) in [6.07, 6.45) is 15.6. The largest absolute Gasteiger partial charge is 0.0804 e. The van der Waals surface area contributed by atoms with E-state index in [2.05, 4.69) is 129 Å². The van der Waals surface area contributed by atoms with Crippen molar-refractivity contribution in [3.63, 3.8) is 0 Å². The van der Waals surface area contributed by atoms with Crippen LogP contribution in [0.3, 0.4) is 0 Å². The average Bonchev–Trinajstić information content (AvgIpc) is 3.29. The van der Waals surface area contributed by atoms with Gasteiger partial charge in [-0.1, -0.05) is 135 Å². The number of hydrogen-bond donors (Lipinski definition) is 0. The second kappa shape index (κ2) is 10.1. The van der Waals surface area contributed by atoms with Gasteiger partial charge >= 0.3 is 0 Å². The molecule has 0 saturated heterocycles. The highest BCUT2D eigenvalue weighted by atomic mass is 14.2. The zero-order valence-corrected chi connectivity index (χ0v) is 19.8. The molecule has 2 aliphatic rings. The predicted octanol–water partition coefficient (Wildman–Crippen LogP) is 8.82. The van der Waals surface area contributed by atoms with Crippen molar-refractivity contribution in [2.45, 2.75) is 80.6 Å². The van der Waals surface area contributed by atoms with Crippen molar-refractivity contribution in [3.05, 3.63) is 83.5 Å². The number of allylic oxidation sites excluding steroid dienone is 8. The molecule has 0 nitrogen and oxygen atoms in total. The third-order valence-electron chi connectivity index (χ3n) is 5.01. The Kier molecular flexibility index (Phi) is 8.74. The lowest BCUT2D eigenvalue weighted by atomic mass is 9.86. The summed E-state index contributed by atoms with van der Waals surface area (Å²) in [6.45, 7) is 20.2. The fourth-order valence-electron chi connectivity index (χ4n) is 2.96. The molecule has 0 unspecified atom stereocenters. The lowest BCUT2D eigenvalue weighted by Gasteiger charge is -2.19. The van der Waals surface area contributed by atoms with Crippen LogP contribution in [0.15, 0.2) is 77.9 Å². The first kappa shape index (κ1) is 24.2. The third kappa shape index (κ3) is 8.91. The minimum absolute atomic E-state index is 0.293. The van der Waals surface area contributed by atoms with E-state index in [1.807, 2.05) is 0 Å². The molecule has 1 aromatic rings. The summed E-state index contributed by atoms with van der Waals surface area (Å²) in [6, 6.07) is 10.6. The lowest BCUT2D eigenvalue weighted by Crippen LogP contribution is -2.10. The fourth-order valence-corrected chi connectivity index (χ4v) is 2.96. The van der Waals surface area contributed by atoms with E-state index in [9.17, 15) is 0 Å². The first-order chi connectivity index (χ1) is 12.8. The molecule has 0 radical (unpaired) electrons. The summed E-state index contributed by atoms with van der Waals surface area (Å²) in [4.78, 5) is 0. The smallest absolute Gasteiger partial charge is 0.0127 e. The van der Waals surface area contributed by atoms with E-state index in [1.54, 1.807) is 5.57 Å². The van der Waals surface area contributed by atoms with Crippen molar-refractivity contribution >= 4 is 0 Å². The normalized spacial score (nSPS) is 15.9. The van der Waals surface area contributed by atoms with Gasteiger partial charge in [0.25, 0.3) is 0 Å². The molecule has 0 heterocycles. The molecule has 0 spiro atoms. The zero-order chi connectivity index (χ0) is 21.4. The maximum absolute atomic E-state index is 2.29. The van der Waals surface area contributed by atoms with Gasteiger partial charge in [0.1, 0.15) is 0 Å². The van der Waals surface area contributed by atoms with Crippen LogP contribution in [0.4, 0.5) is 0 Å². The maximum atomic E-state index is 2.29. The standard InChI is InChI=1S/C10H14.2C9H14/c1-10(2,3)9-7-5-4-6-8-9;2*1-9(2,3)8-6-4-5-7-8/h4-8H,1-3H3;4,6-7H,5H2,1-3H3;4-6H,7H2,1-3H3. The van der Waals surface area contributed by atoms with Crippen molar-refractivity contribution in [2.75, 3.05) is 0 Å². The molecule has 1 aromatic carbocycles. The van der Waals surface area contributed by atoms with Gasteiger partial charge in [-0.25, -0.2) is 0 Å². The van der Waals surface area contributed by atoms with Crippen LogP contribution in [0, 0.1) is 10.8 Å². The van der Waals surface area contributed by atoms with Crippen LogP contribution in [0.1, 0.15) is 80.7 Å². The topological polar surface area (TPSA) is 0 Å². The van der Waals surface area contributed by atoms with Crippen LogP contribution in [-0.4, -0.2) is 0 Å². The number of benzene rings is 1. The van der Waals surface area contributed by atoms with Crippen LogP contribution < -0.4 is 0 Å². The van der Waals surface area contributed by atoms with Gasteiger partial charge < -0.3 is 0 Å². The molecule has 0 heteroatoms. The zero-order valence-electron chi connectivity index (χ0n) is 19.8. The van der Waals surface area contributed by atoms with Gasteiger partial charge in [-0.05, 0) is 40.2 Å². The summed E-state index contributed by atoms with van der Waals surface area (Å²) in [7, 11) is 0. The van der Waals surface area contributed by atoms with Gasteiger partial charge in [-0.2, -0.15) is 0 Å². The molecule has 2 aliphatic carbocycles. The van der Waals surface area contributed by atoms with Crippen molar-refractivity contribution in [1.82, 2.24) is 0 Å². The third-order valence-corrected chi connectivity index (χ3v) is 5.01. The molecule has 28 heavy (non-hydrogen) atoms. The molecule has 0 amide bonds. The maximum Gasteiger partial charge on any atom is -0.0127 e. The Morgan fingerprint density at radius 1 is 0.679 bits per heavy atom. The van der Waals surface area contributed by atoms with Crippen molar-refractivity contribution in [1.29, 1.82) is 0 Å². The monoisotopic (exact) mass is 378 g/mol. The Bertz CT molecular complexity index is 702. The summed E-state index contributed by atoms with van der Waals surface area (Å²) < 4.78 is 0. The second-order valence-corrected chi connectivity index (χ2v) is 10.7. The Labute approximate surface area is 175 Å². The van der Waals surface area contributed by atoms with E-state index in [1.165, 1.54) is 11.1 Å². The van der Waals surface area contributed by atoms with Crippen molar-refractivity contribution < 1.29 is 0 Å². The van der Waals surface area contributed by atoms with Crippen LogP contribution in [0.25, 0.3) is 0 Å². The molecule has 0 atom stereocenters. The van der Waals surface area contributed by atoms with Gasteiger partial charge in [0.2, 0.25) is 0 Å². The molecule has 0 bridgehead atoms. The Morgan fingerprint density at radius 2 is 1.29 bits per heavy atom. The van der Waals surface area contributed by atoms with Crippen molar-refractivity contribution in [3.8, 4) is 0 Å². The van der Waals surface area contributed by atoms with E-state index in [0.717, 1.165) is 12.8 Å². The van der Waals surface area contributed by atoms with E-state index in [-0.39, 0.29) is 0 Å². The van der Waals surface area contributed by atoms with Crippen LogP contribution >= 0.6 is 0 Å². The highest BCUT2D eigenvalue weighted by Gasteiger charge is 2.16. The van der Waals surface area contributed by atoms with Gasteiger partial charge in [-0.15, -0.1) is 0 Å². The molecular weight excluding hydrogens is 336 g/mol. The van der Waals surface area contributed by atoms with E-state index >= 15 is 0 Å². The average molecular weight is 379 g/mol. The minimum Gasteiger partial charge on any atom is -0.0804 e. The summed E-state index contributed by atoms with van der Waals surface area (Å²) in [5.41, 5.74) is 5.44. The summed E-state index contributed by atoms with van der Waals surface area (Å²) in [5.74, 6) is 0. The van der Waals surface area contributed by atoms with Crippen LogP contribution in [0.5, 0.6) is 0 Å². The molecule has 0 saturated carbocycles. The Balaban J connectivity index is 0.000000210. The highest BCUT2D eigenvalue weighted by molar-refractivity contribution is 5.30. The Hall–Kier alpha value is -1.82. The quantitative estimate of drug-likeness (QED) is 0.423. The molecule has 154 valence electrons. The van der Waals surface area contributed by atoms with Gasteiger partial charge in [-0.3, -0.25) is 0 Å². The first-order valence-electron chi connectivity index (χ1n) is 10.6. The Morgan fingerprint density at radius 3 is 1.54 bits per heavy atom. The number of rotatable bonds is 0. The molecule has 0 fully saturated rings. The fraction of sp³-hybridized carbons (Fsp3) is 0.500. The van der Waals surface area contributed by atoms with Crippen LogP contribution in [0.2, 0.25) is 0 Å². The predicted molar refractivity (Wildman–Crippen MR) is 128 cm³/mol. The highest BCUT2D eigenvalue weighted by Crippen LogP contribution is 2.30. The summed E-state index contributed by atoms with van der Waals surface area (Å²) in [5, 5.41) is 0. The molecule has 3 rings (SSSR count). The van der Waals surface area contributed by atoms with E-state index in [0.29, 0.717) is 16.2 Å². The van der Waals surface area contributed by atoms with E-state index in [4.69, 9.17) is 0 Å². The van der Waals surface area contributed by atoms with Crippen molar-refractivity contribution in [2.24, 2.45) is 10.8 Å². The lowest BCUT2D eigenvalue weighted by molar-refractivity contribution is 0.496. The first-order valence-corrected chi connectivity index (χ1v) is 10.6. The second-order valence-electron chi connectivity index (χ2n) is 10.7. The molecule has 0 aromatic heterocycles. The van der Waals surface area contributed by atoms with Crippen LogP contribution in [-0.2, 0) is 5.41 Å². The summed E-state index contributed by atoms with van der Waals surface area (Å²) >= 11 is 0. The SMILES string of the molecule is CC(C)(C)C1=CC=CC1.CC(C)(C)C1=CCC=C1.CC(C)(C)c1ccccc1.